The molecule has 146 valence electrons. The summed E-state index contributed by atoms with van der Waals surface area (Å²) in [6.45, 7) is 0. The Kier molecular flexibility index (Phi) is 4.94. The van der Waals surface area contributed by atoms with Crippen molar-refractivity contribution in [3.05, 3.63) is 72.0 Å². The van der Waals surface area contributed by atoms with Crippen LogP contribution in [0.5, 0.6) is 0 Å². The summed E-state index contributed by atoms with van der Waals surface area (Å²) >= 11 is 1.15. The summed E-state index contributed by atoms with van der Waals surface area (Å²) in [6, 6.07) is 13.1. The van der Waals surface area contributed by atoms with Gasteiger partial charge in [0.2, 0.25) is 6.41 Å². The second-order valence-corrected chi connectivity index (χ2v) is 7.28. The first kappa shape index (κ1) is 18.9. The smallest absolute Gasteiger partial charge is 0.212 e. The fourth-order valence-electron chi connectivity index (χ4n) is 3.12. The minimum atomic E-state index is -0.736. The third-order valence-corrected chi connectivity index (χ3v) is 5.53. The van der Waals surface area contributed by atoms with Crippen molar-refractivity contribution in [3.63, 3.8) is 0 Å². The van der Waals surface area contributed by atoms with Crippen LogP contribution in [0.1, 0.15) is 0 Å². The molecule has 2 aromatic heterocycles. The van der Waals surface area contributed by atoms with E-state index in [1.54, 1.807) is 42.1 Å². The second kappa shape index (κ2) is 7.56. The summed E-state index contributed by atoms with van der Waals surface area (Å²) in [5.74, 6) is -1.87. The molecule has 4 aromatic rings. The zero-order chi connectivity index (χ0) is 20.5. The molecule has 0 spiro atoms. The lowest BCUT2D eigenvalue weighted by Crippen LogP contribution is -1.95. The number of nitrogens with zero attached hydrogens (tertiary/aromatic N) is 2. The van der Waals surface area contributed by atoms with Gasteiger partial charge in [0.25, 0.3) is 0 Å². The van der Waals surface area contributed by atoms with Gasteiger partial charge < -0.3 is 5.32 Å². The number of anilines is 1. The molecule has 0 aliphatic rings. The first-order valence-electron chi connectivity index (χ1n) is 8.57. The van der Waals surface area contributed by atoms with Crippen LogP contribution in [0.3, 0.4) is 0 Å². The molecule has 0 saturated heterocycles. The maximum absolute atomic E-state index is 14.3. The molecule has 0 unspecified atom stereocenters. The van der Waals surface area contributed by atoms with E-state index in [9.17, 15) is 18.0 Å². The van der Waals surface area contributed by atoms with E-state index in [1.807, 2.05) is 0 Å². The highest BCUT2D eigenvalue weighted by Gasteiger charge is 2.21. The van der Waals surface area contributed by atoms with Gasteiger partial charge in [-0.15, -0.1) is 11.3 Å². The predicted molar refractivity (Wildman–Crippen MR) is 107 cm³/mol. The van der Waals surface area contributed by atoms with Gasteiger partial charge >= 0.3 is 0 Å². The van der Waals surface area contributed by atoms with Gasteiger partial charge in [0.1, 0.15) is 22.5 Å². The Hall–Kier alpha value is -3.39. The van der Waals surface area contributed by atoms with Crippen molar-refractivity contribution in [2.75, 3.05) is 5.32 Å². The van der Waals surface area contributed by atoms with Crippen LogP contribution in [0.25, 0.3) is 33.0 Å². The lowest BCUT2D eigenvalue weighted by atomic mass is 10.1. The van der Waals surface area contributed by atoms with Gasteiger partial charge in [0.15, 0.2) is 0 Å². The van der Waals surface area contributed by atoms with E-state index in [0.717, 1.165) is 23.5 Å². The maximum atomic E-state index is 14.3. The van der Waals surface area contributed by atoms with Crippen LogP contribution in [-0.4, -0.2) is 16.2 Å². The van der Waals surface area contributed by atoms with Crippen LogP contribution in [0.4, 0.5) is 18.2 Å². The van der Waals surface area contributed by atoms with E-state index in [1.165, 1.54) is 12.1 Å². The number of nitrogens with one attached hydrogen (secondary N) is 1. The number of rotatable bonds is 5. The summed E-state index contributed by atoms with van der Waals surface area (Å²) in [6.07, 6.45) is 0.450. The molecule has 0 saturated carbocycles. The molecule has 2 aromatic carbocycles. The van der Waals surface area contributed by atoms with Crippen LogP contribution >= 0.6 is 11.3 Å². The number of benzene rings is 2. The number of amides is 1. The van der Waals surface area contributed by atoms with Crippen molar-refractivity contribution >= 4 is 22.7 Å². The zero-order valence-electron chi connectivity index (χ0n) is 15.1. The van der Waals surface area contributed by atoms with Crippen molar-refractivity contribution in [2.45, 2.75) is 0 Å². The molecule has 0 bridgehead atoms. The highest BCUT2D eigenvalue weighted by atomic mass is 32.1. The summed E-state index contributed by atoms with van der Waals surface area (Å²) in [4.78, 5) is 11.6. The Morgan fingerprint density at radius 3 is 2.34 bits per heavy atom. The van der Waals surface area contributed by atoms with E-state index in [-0.39, 0.29) is 11.1 Å². The monoisotopic (exact) mass is 413 g/mol. The molecule has 0 aliphatic heterocycles. The van der Waals surface area contributed by atoms with E-state index in [2.05, 4.69) is 10.4 Å². The average molecular weight is 413 g/mol. The van der Waals surface area contributed by atoms with E-state index in [4.69, 9.17) is 0 Å². The number of carbonyl (C=O) groups excluding carboxylic acids is 1. The number of aryl methyl sites for hydroxylation is 1. The molecule has 1 amide bonds. The molecule has 0 aliphatic carbocycles. The molecule has 8 heteroatoms. The Labute approximate surface area is 168 Å². The Bertz CT molecular complexity index is 1200. The average Bonchev–Trinajstić information content (AvgIpc) is 3.26. The predicted octanol–water partition coefficient (Wildman–Crippen LogP) is 5.47. The Morgan fingerprint density at radius 2 is 1.66 bits per heavy atom. The maximum Gasteiger partial charge on any atom is 0.212 e. The molecule has 0 radical (unpaired) electrons. The fourth-order valence-corrected chi connectivity index (χ4v) is 4.19. The molecular formula is C21H14F3N3OS. The summed E-state index contributed by atoms with van der Waals surface area (Å²) in [7, 11) is 1.69. The van der Waals surface area contributed by atoms with Gasteiger partial charge in [0, 0.05) is 18.2 Å². The molecule has 2 heterocycles. The zero-order valence-corrected chi connectivity index (χ0v) is 15.9. The van der Waals surface area contributed by atoms with E-state index < -0.39 is 17.5 Å². The summed E-state index contributed by atoms with van der Waals surface area (Å²) in [5, 5.41) is 7.16. The van der Waals surface area contributed by atoms with Gasteiger partial charge in [-0.2, -0.15) is 5.10 Å². The number of carbonyl (C=O) groups is 1. The standard InChI is InChI=1S/C21H14F3N3OS/c1-27-18(10-17(26-27)12-5-2-3-6-14(12)22)19-9-13(21(29-19)25-11-28)20-15(23)7-4-8-16(20)24/h2-11H,1H3,(H,25,28). The molecule has 29 heavy (non-hydrogen) atoms. The highest BCUT2D eigenvalue weighted by molar-refractivity contribution is 7.20. The van der Waals surface area contributed by atoms with Gasteiger partial charge in [-0.3, -0.25) is 9.48 Å². The SMILES string of the molecule is Cn1nc(-c2ccccc2F)cc1-c1cc(-c2c(F)cccc2F)c(NC=O)s1. The molecule has 4 nitrogen and oxygen atoms in total. The van der Waals surface area contributed by atoms with Crippen LogP contribution in [-0.2, 0) is 11.8 Å². The second-order valence-electron chi connectivity index (χ2n) is 6.23. The fraction of sp³-hybridized carbons (Fsp3) is 0.0476. The first-order chi connectivity index (χ1) is 14.0. The number of thiophene rings is 1. The Morgan fingerprint density at radius 1 is 0.966 bits per heavy atom. The largest absolute Gasteiger partial charge is 0.320 e. The number of hydrogen-bond donors (Lipinski definition) is 1. The number of halogens is 3. The molecule has 1 N–H and O–H groups in total. The minimum absolute atomic E-state index is 0.223. The van der Waals surface area contributed by atoms with Crippen LogP contribution < -0.4 is 5.32 Å². The molecule has 0 fully saturated rings. The summed E-state index contributed by atoms with van der Waals surface area (Å²) < 4.78 is 44.3. The van der Waals surface area contributed by atoms with Gasteiger partial charge in [-0.05, 0) is 36.4 Å². The van der Waals surface area contributed by atoms with Crippen molar-refractivity contribution < 1.29 is 18.0 Å². The van der Waals surface area contributed by atoms with Crippen LogP contribution in [0.2, 0.25) is 0 Å². The van der Waals surface area contributed by atoms with Crippen molar-refractivity contribution in [1.82, 2.24) is 9.78 Å². The molecular weight excluding hydrogens is 399 g/mol. The number of aromatic nitrogens is 2. The van der Waals surface area contributed by atoms with Crippen molar-refractivity contribution in [1.29, 1.82) is 0 Å². The lowest BCUT2D eigenvalue weighted by Gasteiger charge is -2.05. The van der Waals surface area contributed by atoms with Gasteiger partial charge in [-0.25, -0.2) is 13.2 Å². The number of hydrogen-bond acceptors (Lipinski definition) is 3. The minimum Gasteiger partial charge on any atom is -0.320 e. The van der Waals surface area contributed by atoms with Gasteiger partial charge in [0.05, 0.1) is 21.8 Å². The first-order valence-corrected chi connectivity index (χ1v) is 9.39. The van der Waals surface area contributed by atoms with Crippen LogP contribution in [0.15, 0.2) is 54.6 Å². The topological polar surface area (TPSA) is 46.9 Å². The summed E-state index contributed by atoms with van der Waals surface area (Å²) in [5.41, 5.74) is 1.39. The van der Waals surface area contributed by atoms with Crippen molar-refractivity contribution in [2.24, 2.45) is 7.05 Å². The van der Waals surface area contributed by atoms with E-state index in [0.29, 0.717) is 33.2 Å². The molecule has 0 atom stereocenters. The van der Waals surface area contributed by atoms with Crippen LogP contribution in [0, 0.1) is 17.5 Å². The Balaban J connectivity index is 1.85. The van der Waals surface area contributed by atoms with Crippen molar-refractivity contribution in [3.8, 4) is 33.0 Å². The molecule has 4 rings (SSSR count). The third-order valence-electron chi connectivity index (χ3n) is 4.44. The third kappa shape index (κ3) is 3.42. The normalized spacial score (nSPS) is 10.9. The quantitative estimate of drug-likeness (QED) is 0.441. The van der Waals surface area contributed by atoms with Gasteiger partial charge in [-0.1, -0.05) is 18.2 Å². The lowest BCUT2D eigenvalue weighted by molar-refractivity contribution is -0.105. The highest BCUT2D eigenvalue weighted by Crippen LogP contribution is 2.43. The van der Waals surface area contributed by atoms with E-state index >= 15 is 0 Å².